The maximum absolute atomic E-state index is 13.2. The van der Waals surface area contributed by atoms with Crippen LogP contribution in [-0.4, -0.2) is 17.4 Å². The van der Waals surface area contributed by atoms with Gasteiger partial charge in [-0.25, -0.2) is 4.39 Å². The minimum atomic E-state index is -0.524. The molecule has 0 bridgehead atoms. The summed E-state index contributed by atoms with van der Waals surface area (Å²) in [7, 11) is 0. The molecule has 1 aromatic carbocycles. The van der Waals surface area contributed by atoms with Gasteiger partial charge in [-0.15, -0.1) is 0 Å². The maximum Gasteiger partial charge on any atom is 0.259 e. The Bertz CT molecular complexity index is 598. The summed E-state index contributed by atoms with van der Waals surface area (Å²) in [6.45, 7) is 2.51. The highest BCUT2D eigenvalue weighted by Crippen LogP contribution is 2.19. The van der Waals surface area contributed by atoms with Crippen molar-refractivity contribution in [3.05, 3.63) is 54.1 Å². The summed E-state index contributed by atoms with van der Waals surface area (Å²) < 4.78 is 13.2. The summed E-state index contributed by atoms with van der Waals surface area (Å²) in [6, 6.07) is 8.20. The number of hydrogen-bond acceptors (Lipinski definition) is 3. The zero-order chi connectivity index (χ0) is 14.5. The van der Waals surface area contributed by atoms with Gasteiger partial charge < -0.3 is 10.6 Å². The monoisotopic (exact) mass is 273 g/mol. The first-order valence-electron chi connectivity index (χ1n) is 6.39. The van der Waals surface area contributed by atoms with Gasteiger partial charge in [-0.2, -0.15) is 0 Å². The third-order valence-electron chi connectivity index (χ3n) is 2.85. The van der Waals surface area contributed by atoms with Gasteiger partial charge in [0, 0.05) is 24.1 Å². The maximum atomic E-state index is 13.2. The summed E-state index contributed by atoms with van der Waals surface area (Å²) in [5.74, 6) is -0.798. The molecular weight excluding hydrogens is 257 g/mol. The molecule has 2 N–H and O–H groups in total. The minimum absolute atomic E-state index is 0.232. The number of anilines is 2. The smallest absolute Gasteiger partial charge is 0.259 e. The molecule has 1 heterocycles. The van der Waals surface area contributed by atoms with Gasteiger partial charge in [-0.1, -0.05) is 6.92 Å². The highest BCUT2D eigenvalue weighted by Gasteiger charge is 2.17. The van der Waals surface area contributed by atoms with E-state index in [9.17, 15) is 9.18 Å². The fraction of sp³-hybridized carbons (Fsp3) is 0.200. The number of nitrogens with zero attached hydrogens (tertiary/aromatic N) is 2. The van der Waals surface area contributed by atoms with Crippen LogP contribution in [0.2, 0.25) is 0 Å². The van der Waals surface area contributed by atoms with Gasteiger partial charge in [0.05, 0.1) is 11.8 Å². The Morgan fingerprint density at radius 3 is 2.60 bits per heavy atom. The molecule has 20 heavy (non-hydrogen) atoms. The van der Waals surface area contributed by atoms with Crippen molar-refractivity contribution in [3.8, 4) is 0 Å². The van der Waals surface area contributed by atoms with E-state index in [0.717, 1.165) is 18.3 Å². The molecule has 0 fully saturated rings. The number of nitrogens with two attached hydrogens (primary N) is 1. The predicted octanol–water partition coefficient (Wildman–Crippen LogP) is 2.86. The molecule has 0 aliphatic carbocycles. The quantitative estimate of drug-likeness (QED) is 0.871. The topological polar surface area (TPSA) is 59.2 Å². The van der Waals surface area contributed by atoms with E-state index in [-0.39, 0.29) is 11.5 Å². The molecular formula is C15H16FN3O. The normalized spacial score (nSPS) is 10.3. The van der Waals surface area contributed by atoms with E-state index in [4.69, 9.17) is 5.73 Å². The van der Waals surface area contributed by atoms with Gasteiger partial charge in [0.15, 0.2) is 0 Å². The first-order chi connectivity index (χ1) is 9.61. The van der Waals surface area contributed by atoms with Crippen molar-refractivity contribution in [2.24, 2.45) is 0 Å². The van der Waals surface area contributed by atoms with Crippen LogP contribution >= 0.6 is 0 Å². The summed E-state index contributed by atoms with van der Waals surface area (Å²) in [4.78, 5) is 17.8. The molecule has 2 aromatic rings. The van der Waals surface area contributed by atoms with E-state index < -0.39 is 5.82 Å². The lowest BCUT2D eigenvalue weighted by atomic mass is 10.2. The number of pyridine rings is 1. The van der Waals surface area contributed by atoms with Crippen molar-refractivity contribution >= 4 is 17.3 Å². The second-order valence-electron chi connectivity index (χ2n) is 4.44. The minimum Gasteiger partial charge on any atom is -0.399 e. The number of rotatable bonds is 4. The van der Waals surface area contributed by atoms with Gasteiger partial charge in [-0.05, 0) is 36.8 Å². The van der Waals surface area contributed by atoms with E-state index in [2.05, 4.69) is 4.98 Å². The fourth-order valence-corrected chi connectivity index (χ4v) is 1.91. The molecule has 0 aliphatic heterocycles. The number of hydrogen-bond donors (Lipinski definition) is 1. The lowest BCUT2D eigenvalue weighted by Crippen LogP contribution is -2.31. The zero-order valence-electron chi connectivity index (χ0n) is 11.2. The second kappa shape index (κ2) is 6.14. The molecule has 0 radical (unpaired) electrons. The van der Waals surface area contributed by atoms with Crippen molar-refractivity contribution in [2.75, 3.05) is 17.2 Å². The van der Waals surface area contributed by atoms with Crippen LogP contribution < -0.4 is 10.6 Å². The van der Waals surface area contributed by atoms with Gasteiger partial charge in [0.25, 0.3) is 5.91 Å². The fourth-order valence-electron chi connectivity index (χ4n) is 1.91. The Morgan fingerprint density at radius 2 is 2.00 bits per heavy atom. The van der Waals surface area contributed by atoms with Crippen LogP contribution in [0.25, 0.3) is 0 Å². The lowest BCUT2D eigenvalue weighted by Gasteiger charge is -2.22. The van der Waals surface area contributed by atoms with Gasteiger partial charge in [0.1, 0.15) is 5.82 Å². The molecule has 0 spiro atoms. The lowest BCUT2D eigenvalue weighted by molar-refractivity contribution is 0.0986. The highest BCUT2D eigenvalue weighted by molar-refractivity contribution is 6.05. The molecule has 1 aromatic heterocycles. The van der Waals surface area contributed by atoms with Crippen LogP contribution in [0, 0.1) is 5.82 Å². The third-order valence-corrected chi connectivity index (χ3v) is 2.85. The summed E-state index contributed by atoms with van der Waals surface area (Å²) in [5.41, 5.74) is 7.24. The van der Waals surface area contributed by atoms with Crippen molar-refractivity contribution in [2.45, 2.75) is 13.3 Å². The molecule has 2 rings (SSSR count). The van der Waals surface area contributed by atoms with Gasteiger partial charge in [0.2, 0.25) is 0 Å². The molecule has 0 unspecified atom stereocenters. The van der Waals surface area contributed by atoms with Crippen LogP contribution in [-0.2, 0) is 0 Å². The molecule has 0 saturated heterocycles. The average Bonchev–Trinajstić information content (AvgIpc) is 2.45. The number of carbonyl (C=O) groups excluding carboxylic acids is 1. The number of halogens is 1. The summed E-state index contributed by atoms with van der Waals surface area (Å²) in [6.07, 6.45) is 3.23. The Balaban J connectivity index is 2.33. The molecule has 0 aliphatic rings. The largest absolute Gasteiger partial charge is 0.399 e. The van der Waals surface area contributed by atoms with Crippen molar-refractivity contribution in [3.63, 3.8) is 0 Å². The molecule has 1 amide bonds. The standard InChI is InChI=1S/C15H16FN3O/c1-2-7-19(14-5-3-13(17)4-6-14)15(20)11-8-12(16)10-18-9-11/h3-6,8-10H,2,7,17H2,1H3. The predicted molar refractivity (Wildman–Crippen MR) is 77.0 cm³/mol. The van der Waals surface area contributed by atoms with E-state index >= 15 is 0 Å². The van der Waals surface area contributed by atoms with Crippen molar-refractivity contribution in [1.29, 1.82) is 0 Å². The van der Waals surface area contributed by atoms with Crippen LogP contribution in [0.3, 0.4) is 0 Å². The van der Waals surface area contributed by atoms with Crippen LogP contribution in [0.4, 0.5) is 15.8 Å². The number of carbonyl (C=O) groups is 1. The van der Waals surface area contributed by atoms with E-state index in [1.165, 1.54) is 12.3 Å². The van der Waals surface area contributed by atoms with Gasteiger partial charge >= 0.3 is 0 Å². The second-order valence-corrected chi connectivity index (χ2v) is 4.44. The van der Waals surface area contributed by atoms with Crippen molar-refractivity contribution in [1.82, 2.24) is 4.98 Å². The summed E-state index contributed by atoms with van der Waals surface area (Å²) >= 11 is 0. The Hall–Kier alpha value is -2.43. The molecule has 0 saturated carbocycles. The number of amides is 1. The SMILES string of the molecule is CCCN(C(=O)c1cncc(F)c1)c1ccc(N)cc1. The average molecular weight is 273 g/mol. The van der Waals surface area contributed by atoms with Crippen LogP contribution in [0.5, 0.6) is 0 Å². The van der Waals surface area contributed by atoms with E-state index in [0.29, 0.717) is 12.2 Å². The molecule has 4 nitrogen and oxygen atoms in total. The van der Waals surface area contributed by atoms with E-state index in [1.54, 1.807) is 29.2 Å². The molecule has 104 valence electrons. The Morgan fingerprint density at radius 1 is 1.30 bits per heavy atom. The molecule has 0 atom stereocenters. The first-order valence-corrected chi connectivity index (χ1v) is 6.39. The third kappa shape index (κ3) is 3.12. The highest BCUT2D eigenvalue weighted by atomic mass is 19.1. The Labute approximate surface area is 117 Å². The van der Waals surface area contributed by atoms with Crippen LogP contribution in [0.1, 0.15) is 23.7 Å². The Kier molecular flexibility index (Phi) is 4.30. The zero-order valence-corrected chi connectivity index (χ0v) is 11.2. The van der Waals surface area contributed by atoms with Crippen molar-refractivity contribution < 1.29 is 9.18 Å². The number of aromatic nitrogens is 1. The van der Waals surface area contributed by atoms with Crippen LogP contribution in [0.15, 0.2) is 42.7 Å². The first kappa shape index (κ1) is 14.0. The number of nitrogen functional groups attached to an aromatic ring is 1. The summed E-state index contributed by atoms with van der Waals surface area (Å²) in [5, 5.41) is 0. The van der Waals surface area contributed by atoms with Gasteiger partial charge in [-0.3, -0.25) is 9.78 Å². The molecule has 5 heteroatoms. The number of benzene rings is 1. The van der Waals surface area contributed by atoms with E-state index in [1.807, 2.05) is 6.92 Å².